The summed E-state index contributed by atoms with van der Waals surface area (Å²) in [7, 11) is 0. The summed E-state index contributed by atoms with van der Waals surface area (Å²) in [5.41, 5.74) is 0. The molecule has 0 aromatic heterocycles. The van der Waals surface area contributed by atoms with Gasteiger partial charge in [0.2, 0.25) is 0 Å². The average molecular weight is 297 g/mol. The van der Waals surface area contributed by atoms with Gasteiger partial charge in [0.1, 0.15) is 0 Å². The molecule has 0 aliphatic rings. The van der Waals surface area contributed by atoms with Crippen molar-refractivity contribution in [2.45, 2.75) is 79.1 Å². The molecule has 0 spiro atoms. The molecule has 118 valence electrons. The fourth-order valence-electron chi connectivity index (χ4n) is 3.61. The molecule has 0 radical (unpaired) electrons. The van der Waals surface area contributed by atoms with E-state index in [0.29, 0.717) is 0 Å². The zero-order valence-corrected chi connectivity index (χ0v) is 15.5. The van der Waals surface area contributed by atoms with Crippen LogP contribution in [-0.4, -0.2) is 31.6 Å². The molecule has 0 fully saturated rings. The first kappa shape index (κ1) is 20.0. The van der Waals surface area contributed by atoms with Crippen LogP contribution in [0.25, 0.3) is 0 Å². The molecule has 0 rings (SSSR count). The van der Waals surface area contributed by atoms with E-state index >= 15 is 0 Å². The van der Waals surface area contributed by atoms with Crippen LogP contribution in [0.15, 0.2) is 0 Å². The molecule has 0 N–H and O–H groups in total. The molecule has 0 aromatic rings. The monoisotopic (exact) mass is 297 g/mol. The summed E-state index contributed by atoms with van der Waals surface area (Å²) >= 11 is 0. The van der Waals surface area contributed by atoms with Gasteiger partial charge in [0, 0.05) is 0 Å². The van der Waals surface area contributed by atoms with Gasteiger partial charge in [-0.15, -0.1) is 0 Å². The summed E-state index contributed by atoms with van der Waals surface area (Å²) in [6.07, 6.45) is 16.1. The quantitative estimate of drug-likeness (QED) is 0.322. The van der Waals surface area contributed by atoms with Gasteiger partial charge in [0.15, 0.2) is 0 Å². The number of nitrogens with zero attached hydrogens (tertiary/aromatic N) is 1. The average Bonchev–Trinajstić information content (AvgIpc) is 2.48. The van der Waals surface area contributed by atoms with Crippen LogP contribution in [-0.2, 0) is 0 Å². The minimum atomic E-state index is -1.78. The van der Waals surface area contributed by atoms with Crippen molar-refractivity contribution < 1.29 is 0 Å². The Bertz CT molecular complexity index is 242. The Morgan fingerprint density at radius 3 is 1.20 bits per heavy atom. The maximum atomic E-state index is 9.55. The van der Waals surface area contributed by atoms with Crippen molar-refractivity contribution >= 4 is 13.5 Å². The van der Waals surface area contributed by atoms with Crippen molar-refractivity contribution in [3.63, 3.8) is 0 Å². The van der Waals surface area contributed by atoms with Crippen LogP contribution < -0.4 is 0 Å². The molecule has 0 heterocycles. The molecule has 0 saturated heterocycles. The van der Waals surface area contributed by atoms with Crippen molar-refractivity contribution in [3.05, 3.63) is 0 Å². The minimum absolute atomic E-state index is 0.908. The third kappa shape index (κ3) is 6.18. The van der Waals surface area contributed by atoms with Gasteiger partial charge in [0.05, 0.1) is 0 Å². The van der Waals surface area contributed by atoms with Crippen LogP contribution >= 0.6 is 6.48 Å². The van der Waals surface area contributed by atoms with E-state index in [-0.39, 0.29) is 0 Å². The van der Waals surface area contributed by atoms with E-state index in [1.165, 1.54) is 76.0 Å². The summed E-state index contributed by atoms with van der Waals surface area (Å²) in [6, 6.07) is 0. The summed E-state index contributed by atoms with van der Waals surface area (Å²) < 4.78 is 0. The summed E-state index contributed by atoms with van der Waals surface area (Å²) in [4.78, 5) is 0. The molecule has 0 amide bonds. The van der Waals surface area contributed by atoms with Crippen LogP contribution in [0, 0.1) is 11.2 Å². The summed E-state index contributed by atoms with van der Waals surface area (Å²) in [6.45, 7) is 8.34. The molecule has 1 nitrogen and oxygen atoms in total. The molecule has 0 saturated carbocycles. The Morgan fingerprint density at radius 1 is 0.700 bits per heavy atom. The first-order valence-electron chi connectivity index (χ1n) is 8.99. The van der Waals surface area contributed by atoms with E-state index in [2.05, 4.69) is 33.7 Å². The van der Waals surface area contributed by atoms with Crippen LogP contribution in [0.3, 0.4) is 0 Å². The van der Waals surface area contributed by atoms with E-state index < -0.39 is 6.48 Å². The third-order valence-electron chi connectivity index (χ3n) is 5.09. The first-order valence-corrected chi connectivity index (χ1v) is 12.1. The van der Waals surface area contributed by atoms with Crippen LogP contribution in [0.5, 0.6) is 0 Å². The Hall–Kier alpha value is -0.0151. The van der Waals surface area contributed by atoms with E-state index in [4.69, 9.17) is 0 Å². The van der Waals surface area contributed by atoms with Gasteiger partial charge in [-0.3, -0.25) is 0 Å². The van der Waals surface area contributed by atoms with Gasteiger partial charge in [-0.05, 0) is 0 Å². The molecule has 0 atom stereocenters. The third-order valence-corrected chi connectivity index (χ3v) is 12.5. The van der Waals surface area contributed by atoms with Crippen LogP contribution in [0.4, 0.5) is 0 Å². The van der Waals surface area contributed by atoms with Gasteiger partial charge in [-0.1, -0.05) is 0 Å². The Morgan fingerprint density at radius 2 is 1.00 bits per heavy atom. The molecule has 0 unspecified atom stereocenters. The number of rotatable bonds is 13. The van der Waals surface area contributed by atoms with E-state index in [0.717, 1.165) is 7.00 Å². The van der Waals surface area contributed by atoms with Gasteiger partial charge >= 0.3 is 128 Å². The van der Waals surface area contributed by atoms with E-state index in [1.807, 2.05) is 0 Å². The van der Waals surface area contributed by atoms with Crippen LogP contribution in [0.1, 0.15) is 79.1 Å². The van der Waals surface area contributed by atoms with E-state index in [9.17, 15) is 5.26 Å². The summed E-state index contributed by atoms with van der Waals surface area (Å²) in [5, 5.41) is 9.55. The molecular weight excluding hydrogens is 260 g/mol. The predicted octanol–water partition coefficient (Wildman–Crippen LogP) is 5.57. The second kappa shape index (κ2) is 10.7. The Kier molecular flexibility index (Phi) is 10.7. The van der Waals surface area contributed by atoms with Gasteiger partial charge in [-0.25, -0.2) is 0 Å². The Labute approximate surface area is 129 Å². The van der Waals surface area contributed by atoms with Crippen molar-refractivity contribution in [1.82, 2.24) is 0 Å². The molecule has 0 aromatic carbocycles. The van der Waals surface area contributed by atoms with Crippen LogP contribution in [0.2, 0.25) is 0 Å². The zero-order chi connectivity index (χ0) is 15.3. The molecule has 0 aliphatic carbocycles. The zero-order valence-electron chi connectivity index (χ0n) is 14.6. The molecule has 3 heteroatoms. The Balaban J connectivity index is 5.33. The van der Waals surface area contributed by atoms with Crippen molar-refractivity contribution in [1.29, 1.82) is 5.26 Å². The van der Waals surface area contributed by atoms with Crippen molar-refractivity contribution in [2.24, 2.45) is 0 Å². The molecule has 20 heavy (non-hydrogen) atoms. The number of hydrogen-bond acceptors (Lipinski definition) is 1. The number of hydrogen-bond donors (Lipinski definition) is 0. The molecular formula is C17H37BNP. The number of nitriles is 1. The number of unbranched alkanes of at least 4 members (excludes halogenated alkanes) is 4. The summed E-state index contributed by atoms with van der Waals surface area (Å²) in [5.74, 6) is 2.64. The fraction of sp³-hybridized carbons (Fsp3) is 0.941. The fourth-order valence-corrected chi connectivity index (χ4v) is 10.8. The maximum absolute atomic E-state index is 9.55. The van der Waals surface area contributed by atoms with Gasteiger partial charge in [-0.2, -0.15) is 0 Å². The predicted molar refractivity (Wildman–Crippen MR) is 98.8 cm³/mol. The molecule has 0 bridgehead atoms. The second-order valence-electron chi connectivity index (χ2n) is 6.86. The molecule has 0 aliphatic heterocycles. The topological polar surface area (TPSA) is 23.8 Å². The van der Waals surface area contributed by atoms with Crippen molar-refractivity contribution in [3.8, 4) is 5.97 Å². The second-order valence-corrected chi connectivity index (χ2v) is 13.4. The van der Waals surface area contributed by atoms with E-state index in [1.54, 1.807) is 0 Å². The normalized spacial score (nSPS) is 13.4. The standard InChI is InChI=1S/C17H37BNP/c1-5-9-13-20(18-17-19,14-10-6-2,15-11-7-3)16-12-8-4/h18H,5-16H2,1-4H3. The SMILES string of the molecule is CCCCP(BC#N)(CCCC)(CCCC)CCCC. The van der Waals surface area contributed by atoms with Gasteiger partial charge in [0.25, 0.3) is 0 Å². The van der Waals surface area contributed by atoms with Gasteiger partial charge < -0.3 is 0 Å². The van der Waals surface area contributed by atoms with Crippen molar-refractivity contribution in [2.75, 3.05) is 24.6 Å². The first-order chi connectivity index (χ1) is 9.62.